The number of hydrogen-bond acceptors (Lipinski definition) is 6. The van der Waals surface area contributed by atoms with Crippen LogP contribution in [0.3, 0.4) is 0 Å². The maximum absolute atomic E-state index is 12.4. The topological polar surface area (TPSA) is 98.6 Å². The van der Waals surface area contributed by atoms with Crippen molar-refractivity contribution in [2.45, 2.75) is 4.90 Å². The number of nitrogens with one attached hydrogen (secondary N) is 1. The predicted octanol–water partition coefficient (Wildman–Crippen LogP) is -1.14. The maximum atomic E-state index is 12.4. The van der Waals surface area contributed by atoms with E-state index in [1.165, 1.54) is 10.5 Å². The minimum absolute atomic E-state index is 0.0687. The average molecular weight is 302 g/mol. The summed E-state index contributed by atoms with van der Waals surface area (Å²) in [5.41, 5.74) is 5.60. The molecule has 1 aromatic heterocycles. The van der Waals surface area contributed by atoms with Crippen molar-refractivity contribution in [1.29, 1.82) is 0 Å². The van der Waals surface area contributed by atoms with E-state index >= 15 is 0 Å². The molecule has 0 saturated carbocycles. The van der Waals surface area contributed by atoms with Crippen LogP contribution in [0.5, 0.6) is 0 Å². The Labute approximate surface area is 119 Å². The first kappa shape index (κ1) is 15.2. The third-order valence-corrected chi connectivity index (χ3v) is 5.37. The quantitative estimate of drug-likeness (QED) is 0.713. The Kier molecular flexibility index (Phi) is 4.63. The molecule has 0 unspecified atom stereocenters. The highest BCUT2D eigenvalue weighted by Crippen LogP contribution is 2.20. The van der Waals surface area contributed by atoms with Gasteiger partial charge in [0.1, 0.15) is 10.7 Å². The lowest BCUT2D eigenvalue weighted by atomic mass is 10.3. The molecule has 1 aromatic rings. The number of aromatic nitrogens is 2. The van der Waals surface area contributed by atoms with Gasteiger partial charge in [-0.1, -0.05) is 0 Å². The van der Waals surface area contributed by atoms with E-state index in [2.05, 4.69) is 20.0 Å². The molecule has 1 saturated heterocycles. The monoisotopic (exact) mass is 302 g/mol. The summed E-state index contributed by atoms with van der Waals surface area (Å²) >= 11 is 0. The van der Waals surface area contributed by atoms with Crippen molar-refractivity contribution in [3.8, 4) is 0 Å². The molecule has 1 aliphatic rings. The number of aromatic amines is 1. The number of nitrogens with two attached hydrogens (primary N) is 1. The van der Waals surface area contributed by atoms with Crippen LogP contribution in [0.15, 0.2) is 11.1 Å². The summed E-state index contributed by atoms with van der Waals surface area (Å²) in [6.45, 7) is 4.38. The fourth-order valence-corrected chi connectivity index (χ4v) is 3.60. The Morgan fingerprint density at radius 2 is 2.00 bits per heavy atom. The Morgan fingerprint density at radius 1 is 1.35 bits per heavy atom. The van der Waals surface area contributed by atoms with Gasteiger partial charge in [-0.15, -0.1) is 0 Å². The van der Waals surface area contributed by atoms with Crippen molar-refractivity contribution in [3.63, 3.8) is 0 Å². The van der Waals surface area contributed by atoms with Crippen molar-refractivity contribution >= 4 is 15.8 Å². The summed E-state index contributed by atoms with van der Waals surface area (Å²) < 4.78 is 26.3. The van der Waals surface area contributed by atoms with Gasteiger partial charge in [-0.3, -0.25) is 10.00 Å². The molecular weight excluding hydrogens is 280 g/mol. The lowest BCUT2D eigenvalue weighted by molar-refractivity contribution is 0.174. The highest BCUT2D eigenvalue weighted by Gasteiger charge is 2.30. The van der Waals surface area contributed by atoms with Crippen molar-refractivity contribution in [2.75, 3.05) is 59.1 Å². The number of nitrogens with zero attached hydrogens (tertiary/aromatic N) is 4. The summed E-state index contributed by atoms with van der Waals surface area (Å²) in [4.78, 5) is 4.46. The Hall–Kier alpha value is -1.16. The summed E-state index contributed by atoms with van der Waals surface area (Å²) in [6, 6.07) is 0. The molecule has 0 aromatic carbocycles. The highest BCUT2D eigenvalue weighted by atomic mass is 32.2. The van der Waals surface area contributed by atoms with Gasteiger partial charge < -0.3 is 10.6 Å². The molecule has 2 rings (SSSR count). The molecule has 1 fully saturated rings. The Morgan fingerprint density at radius 3 is 2.50 bits per heavy atom. The van der Waals surface area contributed by atoms with Crippen LogP contribution in [-0.2, 0) is 10.0 Å². The molecule has 0 amide bonds. The molecule has 8 nitrogen and oxygen atoms in total. The van der Waals surface area contributed by atoms with Gasteiger partial charge in [0.15, 0.2) is 0 Å². The van der Waals surface area contributed by atoms with E-state index in [1.54, 1.807) is 0 Å². The van der Waals surface area contributed by atoms with Crippen LogP contribution in [0.1, 0.15) is 0 Å². The zero-order valence-electron chi connectivity index (χ0n) is 11.9. The molecule has 9 heteroatoms. The van der Waals surface area contributed by atoms with E-state index in [0.717, 1.165) is 26.2 Å². The number of hydrogen-bond donors (Lipinski definition) is 2. The molecule has 1 aliphatic heterocycles. The third-order valence-electron chi connectivity index (χ3n) is 3.44. The number of piperazine rings is 1. The first-order valence-electron chi connectivity index (χ1n) is 6.57. The minimum atomic E-state index is -3.53. The predicted molar refractivity (Wildman–Crippen MR) is 76.8 cm³/mol. The van der Waals surface area contributed by atoms with E-state index in [0.29, 0.717) is 13.1 Å². The van der Waals surface area contributed by atoms with Crippen LogP contribution in [0.25, 0.3) is 0 Å². The standard InChI is InChI=1S/C11H22N6O2S/c1-15(2)3-4-16-5-7-17(8-6-16)20(18,19)10-9-13-14-11(10)12/h9H,3-8H2,1-2H3,(H3,12,13,14). The van der Waals surface area contributed by atoms with Crippen LogP contribution in [0.4, 0.5) is 5.82 Å². The molecule has 0 aliphatic carbocycles. The molecule has 2 heterocycles. The number of nitrogen functional groups attached to an aromatic ring is 1. The number of H-pyrrole nitrogens is 1. The van der Waals surface area contributed by atoms with Crippen molar-refractivity contribution < 1.29 is 8.42 Å². The number of anilines is 1. The van der Waals surface area contributed by atoms with E-state index in [9.17, 15) is 8.42 Å². The minimum Gasteiger partial charge on any atom is -0.383 e. The third kappa shape index (κ3) is 3.29. The average Bonchev–Trinajstić information content (AvgIpc) is 2.84. The van der Waals surface area contributed by atoms with Gasteiger partial charge in [-0.05, 0) is 14.1 Å². The normalized spacial score (nSPS) is 18.8. The van der Waals surface area contributed by atoms with Gasteiger partial charge in [0.25, 0.3) is 0 Å². The maximum Gasteiger partial charge on any atom is 0.248 e. The van der Waals surface area contributed by atoms with Gasteiger partial charge in [0.2, 0.25) is 10.0 Å². The van der Waals surface area contributed by atoms with Gasteiger partial charge in [-0.25, -0.2) is 8.42 Å². The lowest BCUT2D eigenvalue weighted by Crippen LogP contribution is -2.49. The van der Waals surface area contributed by atoms with Gasteiger partial charge in [0, 0.05) is 39.3 Å². The van der Waals surface area contributed by atoms with Crippen LogP contribution in [-0.4, -0.2) is 86.1 Å². The second-order valence-electron chi connectivity index (χ2n) is 5.20. The van der Waals surface area contributed by atoms with Crippen LogP contribution in [0.2, 0.25) is 0 Å². The molecule has 3 N–H and O–H groups in total. The van der Waals surface area contributed by atoms with Crippen molar-refractivity contribution in [2.24, 2.45) is 0 Å². The Balaban J connectivity index is 1.95. The first-order chi connectivity index (χ1) is 9.41. The van der Waals surface area contributed by atoms with E-state index in [1.807, 2.05) is 14.1 Å². The van der Waals surface area contributed by atoms with Gasteiger partial charge in [0.05, 0.1) is 6.20 Å². The summed E-state index contributed by atoms with van der Waals surface area (Å²) in [5.74, 6) is 0.0973. The van der Waals surface area contributed by atoms with Crippen molar-refractivity contribution in [3.05, 3.63) is 6.20 Å². The molecular formula is C11H22N6O2S. The molecule has 0 bridgehead atoms. The largest absolute Gasteiger partial charge is 0.383 e. The van der Waals surface area contributed by atoms with E-state index in [4.69, 9.17) is 5.73 Å². The molecule has 0 atom stereocenters. The first-order valence-corrected chi connectivity index (χ1v) is 8.01. The van der Waals surface area contributed by atoms with Gasteiger partial charge in [-0.2, -0.15) is 9.40 Å². The Bertz CT molecular complexity index is 533. The molecule has 114 valence electrons. The van der Waals surface area contributed by atoms with Crippen LogP contribution >= 0.6 is 0 Å². The highest BCUT2D eigenvalue weighted by molar-refractivity contribution is 7.89. The van der Waals surface area contributed by atoms with Gasteiger partial charge >= 0.3 is 0 Å². The fourth-order valence-electron chi connectivity index (χ4n) is 2.16. The number of sulfonamides is 1. The second-order valence-corrected chi connectivity index (χ2v) is 7.10. The number of likely N-dealkylation sites (N-methyl/N-ethyl adjacent to an activating group) is 1. The zero-order chi connectivity index (χ0) is 14.8. The lowest BCUT2D eigenvalue weighted by Gasteiger charge is -2.34. The summed E-state index contributed by atoms with van der Waals surface area (Å²) in [6.07, 6.45) is 1.27. The zero-order valence-corrected chi connectivity index (χ0v) is 12.7. The van der Waals surface area contributed by atoms with Crippen LogP contribution < -0.4 is 5.73 Å². The fraction of sp³-hybridized carbons (Fsp3) is 0.727. The van der Waals surface area contributed by atoms with E-state index in [-0.39, 0.29) is 10.7 Å². The molecule has 20 heavy (non-hydrogen) atoms. The van der Waals surface area contributed by atoms with Crippen molar-refractivity contribution in [1.82, 2.24) is 24.3 Å². The van der Waals surface area contributed by atoms with E-state index < -0.39 is 10.0 Å². The summed E-state index contributed by atoms with van der Waals surface area (Å²) in [5, 5.41) is 6.14. The molecule has 0 spiro atoms. The smallest absolute Gasteiger partial charge is 0.248 e. The van der Waals surface area contributed by atoms with Crippen LogP contribution in [0, 0.1) is 0 Å². The number of rotatable bonds is 5. The SMILES string of the molecule is CN(C)CCN1CCN(S(=O)(=O)c2cn[nH]c2N)CC1. The molecule has 0 radical (unpaired) electrons. The second kappa shape index (κ2) is 6.08. The summed E-state index contributed by atoms with van der Waals surface area (Å²) in [7, 11) is 0.534.